The van der Waals surface area contributed by atoms with Crippen molar-refractivity contribution in [1.82, 2.24) is 5.32 Å². The molecule has 0 spiro atoms. The van der Waals surface area contributed by atoms with Crippen LogP contribution >= 0.6 is 11.3 Å². The van der Waals surface area contributed by atoms with Gasteiger partial charge in [-0.15, -0.1) is 11.3 Å². The highest BCUT2D eigenvalue weighted by atomic mass is 32.1. The number of benzene rings is 1. The first kappa shape index (κ1) is 17.2. The van der Waals surface area contributed by atoms with Crippen LogP contribution in [0.15, 0.2) is 47.8 Å². The van der Waals surface area contributed by atoms with E-state index in [-0.39, 0.29) is 11.3 Å². The summed E-state index contributed by atoms with van der Waals surface area (Å²) >= 11 is 1.81. The van der Waals surface area contributed by atoms with Crippen LogP contribution in [0.3, 0.4) is 0 Å². The van der Waals surface area contributed by atoms with Gasteiger partial charge in [-0.2, -0.15) is 0 Å². The van der Waals surface area contributed by atoms with Crippen LogP contribution in [-0.4, -0.2) is 18.5 Å². The van der Waals surface area contributed by atoms with Crippen molar-refractivity contribution < 1.29 is 4.79 Å². The third-order valence-electron chi connectivity index (χ3n) is 5.09. The topological polar surface area (TPSA) is 55.1 Å². The van der Waals surface area contributed by atoms with Crippen molar-refractivity contribution >= 4 is 17.2 Å². The van der Waals surface area contributed by atoms with Gasteiger partial charge in [0.05, 0.1) is 6.04 Å². The van der Waals surface area contributed by atoms with Gasteiger partial charge in [0.25, 0.3) is 0 Å². The Morgan fingerprint density at radius 3 is 2.54 bits per heavy atom. The maximum atomic E-state index is 12.5. The fraction of sp³-hybridized carbons (Fsp3) is 0.450. The second-order valence-corrected chi connectivity index (χ2v) is 7.78. The van der Waals surface area contributed by atoms with Crippen molar-refractivity contribution in [2.45, 2.75) is 50.0 Å². The van der Waals surface area contributed by atoms with Crippen LogP contribution in [-0.2, 0) is 16.6 Å². The van der Waals surface area contributed by atoms with E-state index in [9.17, 15) is 4.79 Å². The summed E-state index contributed by atoms with van der Waals surface area (Å²) in [5.41, 5.74) is 7.33. The largest absolute Gasteiger partial charge is 0.354 e. The molecule has 128 valence electrons. The minimum Gasteiger partial charge on any atom is -0.354 e. The fourth-order valence-electron chi connectivity index (χ4n) is 3.67. The lowest BCUT2D eigenvalue weighted by Crippen LogP contribution is -2.48. The minimum absolute atomic E-state index is 0.0413. The van der Waals surface area contributed by atoms with E-state index in [1.54, 1.807) is 0 Å². The highest BCUT2D eigenvalue weighted by molar-refractivity contribution is 7.10. The molecule has 1 fully saturated rings. The first-order valence-electron chi connectivity index (χ1n) is 8.81. The Kier molecular flexibility index (Phi) is 5.69. The predicted molar refractivity (Wildman–Crippen MR) is 100 cm³/mol. The summed E-state index contributed by atoms with van der Waals surface area (Å²) in [6.07, 6.45) is 6.67. The number of thiophene rings is 1. The lowest BCUT2D eigenvalue weighted by Gasteiger charge is -2.37. The van der Waals surface area contributed by atoms with E-state index >= 15 is 0 Å². The SMILES string of the molecule is N[C@@H](Cc1ccccc1)C(=O)NCC1(c2cccs2)CCCCC1. The number of nitrogens with one attached hydrogen (secondary N) is 1. The third-order valence-corrected chi connectivity index (χ3v) is 6.21. The maximum absolute atomic E-state index is 12.5. The molecule has 0 bridgehead atoms. The minimum atomic E-state index is -0.489. The summed E-state index contributed by atoms with van der Waals surface area (Å²) in [4.78, 5) is 13.9. The van der Waals surface area contributed by atoms with Crippen LogP contribution in [0.2, 0.25) is 0 Å². The maximum Gasteiger partial charge on any atom is 0.237 e. The molecule has 1 amide bonds. The number of nitrogens with two attached hydrogens (primary N) is 1. The zero-order chi connectivity index (χ0) is 16.8. The second kappa shape index (κ2) is 7.95. The molecule has 24 heavy (non-hydrogen) atoms. The number of hydrogen-bond donors (Lipinski definition) is 2. The number of hydrogen-bond acceptors (Lipinski definition) is 3. The van der Waals surface area contributed by atoms with E-state index < -0.39 is 6.04 Å². The number of amides is 1. The number of carbonyl (C=O) groups is 1. The zero-order valence-electron chi connectivity index (χ0n) is 14.0. The Balaban J connectivity index is 1.61. The van der Waals surface area contributed by atoms with Crippen molar-refractivity contribution in [2.75, 3.05) is 6.54 Å². The Morgan fingerprint density at radius 1 is 1.12 bits per heavy atom. The molecule has 0 radical (unpaired) electrons. The van der Waals surface area contributed by atoms with Crippen molar-refractivity contribution in [1.29, 1.82) is 0 Å². The molecule has 0 aliphatic heterocycles. The molecule has 0 unspecified atom stereocenters. The average Bonchev–Trinajstić information content (AvgIpc) is 3.17. The van der Waals surface area contributed by atoms with Gasteiger partial charge in [0.15, 0.2) is 0 Å². The molecular weight excluding hydrogens is 316 g/mol. The molecule has 1 atom stereocenters. The van der Waals surface area contributed by atoms with Crippen LogP contribution in [0, 0.1) is 0 Å². The first-order valence-corrected chi connectivity index (χ1v) is 9.69. The van der Waals surface area contributed by atoms with Crippen molar-refractivity contribution in [3.8, 4) is 0 Å². The van der Waals surface area contributed by atoms with Crippen molar-refractivity contribution in [2.24, 2.45) is 5.73 Å². The Labute approximate surface area is 148 Å². The molecule has 1 heterocycles. The monoisotopic (exact) mass is 342 g/mol. The highest BCUT2D eigenvalue weighted by Crippen LogP contribution is 2.41. The van der Waals surface area contributed by atoms with Gasteiger partial charge in [-0.05, 0) is 36.3 Å². The van der Waals surface area contributed by atoms with Gasteiger partial charge in [-0.3, -0.25) is 4.79 Å². The third kappa shape index (κ3) is 4.05. The van der Waals surface area contributed by atoms with E-state index in [0.29, 0.717) is 13.0 Å². The summed E-state index contributed by atoms with van der Waals surface area (Å²) in [6.45, 7) is 0.703. The molecule has 4 heteroatoms. The summed E-state index contributed by atoms with van der Waals surface area (Å²) in [5, 5.41) is 5.28. The molecule has 0 saturated heterocycles. The van der Waals surface area contributed by atoms with Crippen LogP contribution < -0.4 is 11.1 Å². The predicted octanol–water partition coefficient (Wildman–Crippen LogP) is 3.64. The van der Waals surface area contributed by atoms with E-state index in [0.717, 1.165) is 18.4 Å². The normalized spacial score (nSPS) is 18.0. The standard InChI is InChI=1S/C20H26N2OS/c21-17(14-16-8-3-1-4-9-16)19(23)22-15-20(11-5-2-6-12-20)18-10-7-13-24-18/h1,3-4,7-10,13,17H,2,5-6,11-12,14-15,21H2,(H,22,23)/t17-/m0/s1. The quantitative estimate of drug-likeness (QED) is 0.842. The summed E-state index contributed by atoms with van der Waals surface area (Å²) in [5.74, 6) is -0.0413. The molecular formula is C20H26N2OS. The van der Waals surface area contributed by atoms with E-state index in [2.05, 4.69) is 22.8 Å². The lowest BCUT2D eigenvalue weighted by molar-refractivity contribution is -0.122. The Bertz CT molecular complexity index is 633. The van der Waals surface area contributed by atoms with Gasteiger partial charge in [-0.1, -0.05) is 55.7 Å². The number of rotatable bonds is 6. The molecule has 3 rings (SSSR count). The van der Waals surface area contributed by atoms with E-state index in [1.807, 2.05) is 41.7 Å². The molecule has 1 aromatic carbocycles. The van der Waals surface area contributed by atoms with Gasteiger partial charge in [0, 0.05) is 16.8 Å². The van der Waals surface area contributed by atoms with Crippen molar-refractivity contribution in [3.63, 3.8) is 0 Å². The van der Waals surface area contributed by atoms with Gasteiger partial charge < -0.3 is 11.1 Å². The molecule has 3 N–H and O–H groups in total. The first-order chi connectivity index (χ1) is 11.7. The lowest BCUT2D eigenvalue weighted by atomic mass is 9.73. The van der Waals surface area contributed by atoms with Crippen LogP contribution in [0.5, 0.6) is 0 Å². The van der Waals surface area contributed by atoms with Gasteiger partial charge >= 0.3 is 0 Å². The zero-order valence-corrected chi connectivity index (χ0v) is 14.9. The van der Waals surface area contributed by atoms with Gasteiger partial charge in [-0.25, -0.2) is 0 Å². The summed E-state index contributed by atoms with van der Waals surface area (Å²) < 4.78 is 0. The van der Waals surface area contributed by atoms with Gasteiger partial charge in [0.1, 0.15) is 0 Å². The molecule has 1 aromatic heterocycles. The summed E-state index contributed by atoms with van der Waals surface area (Å²) in [7, 11) is 0. The molecule has 3 nitrogen and oxygen atoms in total. The fourth-order valence-corrected chi connectivity index (χ4v) is 4.65. The number of carbonyl (C=O) groups excluding carboxylic acids is 1. The molecule has 1 aliphatic rings. The summed E-state index contributed by atoms with van der Waals surface area (Å²) in [6, 6.07) is 13.8. The van der Waals surface area contributed by atoms with Crippen LogP contribution in [0.1, 0.15) is 42.5 Å². The highest BCUT2D eigenvalue weighted by Gasteiger charge is 2.35. The second-order valence-electron chi connectivity index (χ2n) is 6.83. The van der Waals surface area contributed by atoms with Gasteiger partial charge in [0.2, 0.25) is 5.91 Å². The Hall–Kier alpha value is -1.65. The molecule has 1 aliphatic carbocycles. The van der Waals surface area contributed by atoms with E-state index in [1.165, 1.54) is 24.1 Å². The van der Waals surface area contributed by atoms with E-state index in [4.69, 9.17) is 5.73 Å². The van der Waals surface area contributed by atoms with Crippen LogP contribution in [0.4, 0.5) is 0 Å². The smallest absolute Gasteiger partial charge is 0.237 e. The van der Waals surface area contributed by atoms with Crippen LogP contribution in [0.25, 0.3) is 0 Å². The molecule has 2 aromatic rings. The molecule has 1 saturated carbocycles. The van der Waals surface area contributed by atoms with Crippen molar-refractivity contribution in [3.05, 3.63) is 58.3 Å². The Morgan fingerprint density at radius 2 is 1.88 bits per heavy atom. The average molecular weight is 343 g/mol.